The van der Waals surface area contributed by atoms with Crippen molar-refractivity contribution in [1.29, 1.82) is 0 Å². The van der Waals surface area contributed by atoms with Gasteiger partial charge in [-0.3, -0.25) is 11.3 Å². The van der Waals surface area contributed by atoms with Crippen molar-refractivity contribution >= 4 is 5.82 Å². The first-order valence-corrected chi connectivity index (χ1v) is 5.79. The van der Waals surface area contributed by atoms with E-state index in [1.54, 1.807) is 6.20 Å². The highest BCUT2D eigenvalue weighted by Gasteiger charge is 2.10. The Morgan fingerprint density at radius 1 is 1.38 bits per heavy atom. The zero-order valence-electron chi connectivity index (χ0n) is 10.1. The van der Waals surface area contributed by atoms with Gasteiger partial charge in [-0.1, -0.05) is 19.9 Å². The van der Waals surface area contributed by atoms with Gasteiger partial charge in [0, 0.05) is 12.2 Å². The Labute approximate surface area is 97.4 Å². The summed E-state index contributed by atoms with van der Waals surface area (Å²) in [6.45, 7) is 4.43. The standard InChI is InChI=1S/C12H22N4/c1-9(2)5-6-11(16-14)8-10-4-3-7-15-12(10)13/h3-4,7,9,11,16H,5-6,8,14H2,1-2H3,(H2,13,15). The van der Waals surface area contributed by atoms with Crippen molar-refractivity contribution < 1.29 is 0 Å². The van der Waals surface area contributed by atoms with Gasteiger partial charge in [-0.2, -0.15) is 0 Å². The maximum absolute atomic E-state index is 5.80. The molecule has 1 heterocycles. The highest BCUT2D eigenvalue weighted by molar-refractivity contribution is 5.38. The smallest absolute Gasteiger partial charge is 0.126 e. The van der Waals surface area contributed by atoms with E-state index in [9.17, 15) is 0 Å². The molecule has 0 aliphatic heterocycles. The van der Waals surface area contributed by atoms with Gasteiger partial charge in [0.05, 0.1) is 0 Å². The van der Waals surface area contributed by atoms with Crippen molar-refractivity contribution in [2.75, 3.05) is 5.73 Å². The van der Waals surface area contributed by atoms with Gasteiger partial charge >= 0.3 is 0 Å². The lowest BCUT2D eigenvalue weighted by Crippen LogP contribution is -2.37. The molecule has 0 aliphatic carbocycles. The summed E-state index contributed by atoms with van der Waals surface area (Å²) in [5.41, 5.74) is 9.71. The summed E-state index contributed by atoms with van der Waals surface area (Å²) < 4.78 is 0. The monoisotopic (exact) mass is 222 g/mol. The number of hydrogen-bond acceptors (Lipinski definition) is 4. The topological polar surface area (TPSA) is 77.0 Å². The zero-order chi connectivity index (χ0) is 12.0. The summed E-state index contributed by atoms with van der Waals surface area (Å²) >= 11 is 0. The zero-order valence-corrected chi connectivity index (χ0v) is 10.1. The fourth-order valence-electron chi connectivity index (χ4n) is 1.67. The van der Waals surface area contributed by atoms with Crippen molar-refractivity contribution in [2.45, 2.75) is 39.2 Å². The Bertz CT molecular complexity index is 312. The minimum atomic E-state index is 0.272. The van der Waals surface area contributed by atoms with Crippen LogP contribution in [0.3, 0.4) is 0 Å². The third-order valence-electron chi connectivity index (χ3n) is 2.72. The Morgan fingerprint density at radius 2 is 2.12 bits per heavy atom. The predicted molar refractivity (Wildman–Crippen MR) is 67.5 cm³/mol. The van der Waals surface area contributed by atoms with Crippen molar-refractivity contribution in [3.63, 3.8) is 0 Å². The first-order valence-electron chi connectivity index (χ1n) is 5.79. The molecule has 1 aromatic heterocycles. The third kappa shape index (κ3) is 4.16. The van der Waals surface area contributed by atoms with Gasteiger partial charge in [0.15, 0.2) is 0 Å². The molecule has 0 radical (unpaired) electrons. The lowest BCUT2D eigenvalue weighted by Gasteiger charge is -2.17. The van der Waals surface area contributed by atoms with Crippen LogP contribution in [0.25, 0.3) is 0 Å². The van der Waals surface area contributed by atoms with E-state index in [-0.39, 0.29) is 6.04 Å². The van der Waals surface area contributed by atoms with E-state index in [2.05, 4.69) is 24.3 Å². The third-order valence-corrected chi connectivity index (χ3v) is 2.72. The summed E-state index contributed by atoms with van der Waals surface area (Å²) in [5, 5.41) is 0. The van der Waals surface area contributed by atoms with Crippen LogP contribution in [-0.4, -0.2) is 11.0 Å². The van der Waals surface area contributed by atoms with Gasteiger partial charge in [0.2, 0.25) is 0 Å². The van der Waals surface area contributed by atoms with E-state index in [1.807, 2.05) is 12.1 Å². The van der Waals surface area contributed by atoms with Crippen LogP contribution >= 0.6 is 0 Å². The highest BCUT2D eigenvalue weighted by atomic mass is 15.2. The molecule has 1 unspecified atom stereocenters. The van der Waals surface area contributed by atoms with Gasteiger partial charge in [-0.15, -0.1) is 0 Å². The Kier molecular flexibility index (Phi) is 5.22. The molecule has 5 N–H and O–H groups in total. The maximum Gasteiger partial charge on any atom is 0.126 e. The van der Waals surface area contributed by atoms with E-state index in [0.717, 1.165) is 24.8 Å². The number of nitrogen functional groups attached to an aromatic ring is 1. The summed E-state index contributed by atoms with van der Waals surface area (Å²) in [4.78, 5) is 4.07. The average molecular weight is 222 g/mol. The molecular weight excluding hydrogens is 200 g/mol. The average Bonchev–Trinajstić information content (AvgIpc) is 2.26. The Balaban J connectivity index is 2.53. The molecule has 1 rings (SSSR count). The first-order chi connectivity index (χ1) is 7.63. The molecule has 0 spiro atoms. The van der Waals surface area contributed by atoms with Crippen LogP contribution < -0.4 is 17.0 Å². The summed E-state index contributed by atoms with van der Waals surface area (Å²) in [6, 6.07) is 4.18. The first kappa shape index (κ1) is 12.9. The van der Waals surface area contributed by atoms with Crippen LogP contribution in [0.4, 0.5) is 5.82 Å². The van der Waals surface area contributed by atoms with Crippen molar-refractivity contribution in [2.24, 2.45) is 11.8 Å². The summed E-state index contributed by atoms with van der Waals surface area (Å²) in [7, 11) is 0. The molecule has 4 heteroatoms. The summed E-state index contributed by atoms with van der Waals surface area (Å²) in [6.07, 6.45) is 4.76. The van der Waals surface area contributed by atoms with Gasteiger partial charge < -0.3 is 5.73 Å². The van der Waals surface area contributed by atoms with Crippen LogP contribution in [-0.2, 0) is 6.42 Å². The van der Waals surface area contributed by atoms with Crippen LogP contribution in [0.15, 0.2) is 18.3 Å². The van der Waals surface area contributed by atoms with E-state index >= 15 is 0 Å². The van der Waals surface area contributed by atoms with Gasteiger partial charge in [0.25, 0.3) is 0 Å². The molecule has 0 saturated heterocycles. The molecule has 16 heavy (non-hydrogen) atoms. The number of hydrogen-bond donors (Lipinski definition) is 3. The molecule has 90 valence electrons. The van der Waals surface area contributed by atoms with E-state index in [4.69, 9.17) is 11.6 Å². The molecule has 0 fully saturated rings. The highest BCUT2D eigenvalue weighted by Crippen LogP contribution is 2.14. The molecule has 1 aromatic rings. The molecule has 0 bridgehead atoms. The Morgan fingerprint density at radius 3 is 2.69 bits per heavy atom. The number of aromatic nitrogens is 1. The van der Waals surface area contributed by atoms with E-state index < -0.39 is 0 Å². The van der Waals surface area contributed by atoms with Gasteiger partial charge in [-0.05, 0) is 36.8 Å². The molecular formula is C12H22N4. The number of pyridine rings is 1. The fourth-order valence-corrected chi connectivity index (χ4v) is 1.67. The lowest BCUT2D eigenvalue weighted by molar-refractivity contribution is 0.434. The van der Waals surface area contributed by atoms with E-state index in [1.165, 1.54) is 0 Å². The minimum absolute atomic E-state index is 0.272. The normalized spacial score (nSPS) is 13.0. The molecule has 0 amide bonds. The van der Waals surface area contributed by atoms with Crippen LogP contribution in [0.5, 0.6) is 0 Å². The van der Waals surface area contributed by atoms with E-state index in [0.29, 0.717) is 11.7 Å². The molecule has 1 atom stereocenters. The summed E-state index contributed by atoms with van der Waals surface area (Å²) in [5.74, 6) is 6.85. The Hall–Kier alpha value is -1.13. The SMILES string of the molecule is CC(C)CCC(Cc1cccnc1N)NN. The van der Waals surface area contributed by atoms with Crippen molar-refractivity contribution in [3.05, 3.63) is 23.9 Å². The second kappa shape index (κ2) is 6.45. The lowest BCUT2D eigenvalue weighted by atomic mass is 9.98. The van der Waals surface area contributed by atoms with Crippen molar-refractivity contribution in [3.8, 4) is 0 Å². The maximum atomic E-state index is 5.80. The van der Waals surface area contributed by atoms with Crippen LogP contribution in [0.1, 0.15) is 32.3 Å². The number of nitrogens with zero attached hydrogens (tertiary/aromatic N) is 1. The second-order valence-corrected chi connectivity index (χ2v) is 4.59. The van der Waals surface area contributed by atoms with Crippen molar-refractivity contribution in [1.82, 2.24) is 10.4 Å². The van der Waals surface area contributed by atoms with Gasteiger partial charge in [0.1, 0.15) is 5.82 Å². The minimum Gasteiger partial charge on any atom is -0.383 e. The molecule has 0 aromatic carbocycles. The number of rotatable bonds is 6. The van der Waals surface area contributed by atoms with Crippen LogP contribution in [0, 0.1) is 5.92 Å². The number of anilines is 1. The molecule has 0 saturated carbocycles. The number of hydrazine groups is 1. The van der Waals surface area contributed by atoms with Crippen LogP contribution in [0.2, 0.25) is 0 Å². The molecule has 0 aliphatic rings. The fraction of sp³-hybridized carbons (Fsp3) is 0.583. The number of nitrogens with two attached hydrogens (primary N) is 2. The second-order valence-electron chi connectivity index (χ2n) is 4.59. The predicted octanol–water partition coefficient (Wildman–Crippen LogP) is 1.47. The molecule has 4 nitrogen and oxygen atoms in total. The number of nitrogens with one attached hydrogen (secondary N) is 1. The quantitative estimate of drug-likeness (QED) is 0.503. The largest absolute Gasteiger partial charge is 0.383 e. The van der Waals surface area contributed by atoms with Gasteiger partial charge in [-0.25, -0.2) is 4.98 Å².